The molecule has 2 nitrogen and oxygen atoms in total. The van der Waals surface area contributed by atoms with Crippen molar-refractivity contribution in [1.82, 2.24) is 5.32 Å². The molecule has 0 bridgehead atoms. The number of nitrogens with one attached hydrogen (secondary N) is 1. The van der Waals surface area contributed by atoms with Crippen LogP contribution in [-0.2, 0) is 13.0 Å². The van der Waals surface area contributed by atoms with Gasteiger partial charge >= 0.3 is 0 Å². The van der Waals surface area contributed by atoms with Crippen LogP contribution in [0.3, 0.4) is 0 Å². The zero-order chi connectivity index (χ0) is 14.1. The van der Waals surface area contributed by atoms with Crippen molar-refractivity contribution in [3.05, 3.63) is 53.3 Å². The van der Waals surface area contributed by atoms with E-state index >= 15 is 0 Å². The summed E-state index contributed by atoms with van der Waals surface area (Å²) >= 11 is 0. The standard InChI is InChI=1S/C17H18FNO/c1-11-7-14-8-12(4-6-17(14)20-11)16-9-15(18)5-3-13(16)10-19-2/h3-6,8-9,11,19H,7,10H2,1-2H3. The number of rotatable bonds is 3. The molecule has 0 saturated carbocycles. The lowest BCUT2D eigenvalue weighted by molar-refractivity contribution is 0.254. The average Bonchev–Trinajstić information content (AvgIpc) is 2.80. The Hall–Kier alpha value is -1.87. The molecular formula is C17H18FNO. The van der Waals surface area contributed by atoms with E-state index in [1.807, 2.05) is 25.2 Å². The molecule has 1 atom stereocenters. The van der Waals surface area contributed by atoms with Crippen molar-refractivity contribution in [3.8, 4) is 16.9 Å². The second-order valence-corrected chi connectivity index (χ2v) is 5.29. The summed E-state index contributed by atoms with van der Waals surface area (Å²) in [6, 6.07) is 11.1. The van der Waals surface area contributed by atoms with Gasteiger partial charge in [0.15, 0.2) is 0 Å². The molecule has 0 amide bonds. The Labute approximate surface area is 118 Å². The monoisotopic (exact) mass is 271 g/mol. The molecule has 0 saturated heterocycles. The van der Waals surface area contributed by atoms with Gasteiger partial charge in [-0.25, -0.2) is 4.39 Å². The summed E-state index contributed by atoms with van der Waals surface area (Å²) in [4.78, 5) is 0. The van der Waals surface area contributed by atoms with Crippen molar-refractivity contribution in [2.45, 2.75) is 26.0 Å². The van der Waals surface area contributed by atoms with E-state index in [4.69, 9.17) is 4.74 Å². The van der Waals surface area contributed by atoms with Crippen LogP contribution in [0.15, 0.2) is 36.4 Å². The van der Waals surface area contributed by atoms with E-state index in [2.05, 4.69) is 18.3 Å². The first-order valence-electron chi connectivity index (χ1n) is 6.90. The van der Waals surface area contributed by atoms with E-state index < -0.39 is 0 Å². The third-order valence-corrected chi connectivity index (χ3v) is 3.65. The van der Waals surface area contributed by atoms with Crippen molar-refractivity contribution in [1.29, 1.82) is 0 Å². The molecule has 2 aromatic rings. The van der Waals surface area contributed by atoms with Gasteiger partial charge in [0.2, 0.25) is 0 Å². The number of benzene rings is 2. The zero-order valence-electron chi connectivity index (χ0n) is 11.7. The summed E-state index contributed by atoms with van der Waals surface area (Å²) in [6.45, 7) is 2.79. The summed E-state index contributed by atoms with van der Waals surface area (Å²) in [5, 5.41) is 3.13. The molecule has 20 heavy (non-hydrogen) atoms. The van der Waals surface area contributed by atoms with Crippen LogP contribution < -0.4 is 10.1 Å². The molecule has 3 rings (SSSR count). The van der Waals surface area contributed by atoms with Gasteiger partial charge < -0.3 is 10.1 Å². The molecule has 104 valence electrons. The summed E-state index contributed by atoms with van der Waals surface area (Å²) in [5.41, 5.74) is 4.29. The molecule has 0 fully saturated rings. The van der Waals surface area contributed by atoms with Gasteiger partial charge in [-0.1, -0.05) is 12.1 Å². The summed E-state index contributed by atoms with van der Waals surface area (Å²) in [7, 11) is 1.89. The van der Waals surface area contributed by atoms with Crippen molar-refractivity contribution in [3.63, 3.8) is 0 Å². The second-order valence-electron chi connectivity index (χ2n) is 5.29. The molecule has 1 aliphatic rings. The molecule has 0 spiro atoms. The molecule has 0 aromatic heterocycles. The van der Waals surface area contributed by atoms with Crippen LogP contribution in [0.5, 0.6) is 5.75 Å². The summed E-state index contributed by atoms with van der Waals surface area (Å²) < 4.78 is 19.3. The second kappa shape index (κ2) is 5.25. The van der Waals surface area contributed by atoms with E-state index in [0.29, 0.717) is 0 Å². The average molecular weight is 271 g/mol. The quantitative estimate of drug-likeness (QED) is 0.922. The van der Waals surface area contributed by atoms with E-state index in [0.717, 1.165) is 35.4 Å². The first-order chi connectivity index (χ1) is 9.67. The molecule has 3 heteroatoms. The van der Waals surface area contributed by atoms with Gasteiger partial charge in [-0.2, -0.15) is 0 Å². The third kappa shape index (κ3) is 2.41. The normalized spacial score (nSPS) is 16.9. The van der Waals surface area contributed by atoms with Gasteiger partial charge in [0.1, 0.15) is 17.7 Å². The SMILES string of the molecule is CNCc1ccc(F)cc1-c1ccc2c(c1)CC(C)O2. The molecule has 1 N–H and O–H groups in total. The van der Waals surface area contributed by atoms with Crippen LogP contribution in [0, 0.1) is 5.82 Å². The van der Waals surface area contributed by atoms with Gasteiger partial charge in [-0.15, -0.1) is 0 Å². The summed E-state index contributed by atoms with van der Waals surface area (Å²) in [5.74, 6) is 0.748. The predicted octanol–water partition coefficient (Wildman–Crippen LogP) is 3.54. The van der Waals surface area contributed by atoms with Gasteiger partial charge in [0.25, 0.3) is 0 Å². The Kier molecular flexibility index (Phi) is 3.45. The van der Waals surface area contributed by atoms with Crippen molar-refractivity contribution < 1.29 is 9.13 Å². The topological polar surface area (TPSA) is 21.3 Å². The fraction of sp³-hybridized carbons (Fsp3) is 0.294. The first kappa shape index (κ1) is 13.1. The first-order valence-corrected chi connectivity index (χ1v) is 6.90. The molecule has 0 aliphatic carbocycles. The van der Waals surface area contributed by atoms with Crippen molar-refractivity contribution in [2.24, 2.45) is 0 Å². The zero-order valence-corrected chi connectivity index (χ0v) is 11.7. The fourth-order valence-electron chi connectivity index (χ4n) is 2.75. The Morgan fingerprint density at radius 2 is 2.10 bits per heavy atom. The highest BCUT2D eigenvalue weighted by Crippen LogP contribution is 2.34. The lowest BCUT2D eigenvalue weighted by Crippen LogP contribution is -2.06. The minimum absolute atomic E-state index is 0.204. The fourth-order valence-corrected chi connectivity index (χ4v) is 2.75. The maximum atomic E-state index is 13.6. The van der Waals surface area contributed by atoms with E-state index in [-0.39, 0.29) is 11.9 Å². The van der Waals surface area contributed by atoms with Gasteiger partial charge in [-0.3, -0.25) is 0 Å². The number of hydrogen-bond donors (Lipinski definition) is 1. The molecule has 1 unspecified atom stereocenters. The number of halogens is 1. The van der Waals surface area contributed by atoms with E-state index in [9.17, 15) is 4.39 Å². The predicted molar refractivity (Wildman–Crippen MR) is 78.4 cm³/mol. The molecular weight excluding hydrogens is 253 g/mol. The van der Waals surface area contributed by atoms with Crippen molar-refractivity contribution >= 4 is 0 Å². The van der Waals surface area contributed by atoms with Crippen LogP contribution in [0.25, 0.3) is 11.1 Å². The third-order valence-electron chi connectivity index (χ3n) is 3.65. The lowest BCUT2D eigenvalue weighted by Gasteiger charge is -2.11. The number of fused-ring (bicyclic) bond motifs is 1. The van der Waals surface area contributed by atoms with Gasteiger partial charge in [0, 0.05) is 13.0 Å². The Bertz CT molecular complexity index is 639. The summed E-state index contributed by atoms with van der Waals surface area (Å²) in [6.07, 6.45) is 1.14. The van der Waals surface area contributed by atoms with E-state index in [1.54, 1.807) is 6.07 Å². The van der Waals surface area contributed by atoms with Crippen LogP contribution in [0.1, 0.15) is 18.1 Å². The van der Waals surface area contributed by atoms with Gasteiger partial charge in [0.05, 0.1) is 0 Å². The van der Waals surface area contributed by atoms with Crippen LogP contribution in [0.4, 0.5) is 4.39 Å². The Morgan fingerprint density at radius 3 is 2.90 bits per heavy atom. The highest BCUT2D eigenvalue weighted by Gasteiger charge is 2.19. The Morgan fingerprint density at radius 1 is 1.25 bits per heavy atom. The minimum atomic E-state index is -0.204. The highest BCUT2D eigenvalue weighted by atomic mass is 19.1. The molecule has 0 radical (unpaired) electrons. The lowest BCUT2D eigenvalue weighted by atomic mass is 9.97. The minimum Gasteiger partial charge on any atom is -0.490 e. The Balaban J connectivity index is 2.05. The van der Waals surface area contributed by atoms with Crippen molar-refractivity contribution in [2.75, 3.05) is 7.05 Å². The molecule has 1 heterocycles. The van der Waals surface area contributed by atoms with Crippen LogP contribution in [-0.4, -0.2) is 13.2 Å². The smallest absolute Gasteiger partial charge is 0.123 e. The largest absolute Gasteiger partial charge is 0.490 e. The van der Waals surface area contributed by atoms with Crippen LogP contribution >= 0.6 is 0 Å². The molecule has 2 aromatic carbocycles. The van der Waals surface area contributed by atoms with E-state index in [1.165, 1.54) is 11.6 Å². The maximum Gasteiger partial charge on any atom is 0.123 e. The van der Waals surface area contributed by atoms with Crippen LogP contribution in [0.2, 0.25) is 0 Å². The highest BCUT2D eigenvalue weighted by molar-refractivity contribution is 5.69. The number of ether oxygens (including phenoxy) is 1. The molecule has 1 aliphatic heterocycles. The maximum absolute atomic E-state index is 13.6. The number of hydrogen-bond acceptors (Lipinski definition) is 2. The van der Waals surface area contributed by atoms with Gasteiger partial charge in [-0.05, 0) is 60.5 Å².